The summed E-state index contributed by atoms with van der Waals surface area (Å²) in [6.07, 6.45) is 0. The zero-order chi connectivity index (χ0) is 25.4. The SMILES string of the molecule is COc1ccccc1-n1nc2c(c1-c1ccc(Cl)cc1)CN(S(=O)(=O)CCNS(=O)(=O)N(C)C)C2. The molecule has 0 bridgehead atoms. The van der Waals surface area contributed by atoms with E-state index in [1.54, 1.807) is 23.9 Å². The van der Waals surface area contributed by atoms with Crippen molar-refractivity contribution in [3.05, 3.63) is 64.8 Å². The van der Waals surface area contributed by atoms with Crippen LogP contribution >= 0.6 is 11.6 Å². The predicted octanol–water partition coefficient (Wildman–Crippen LogP) is 2.24. The minimum atomic E-state index is -3.75. The van der Waals surface area contributed by atoms with Crippen LogP contribution < -0.4 is 9.46 Å². The zero-order valence-corrected chi connectivity index (χ0v) is 21.9. The van der Waals surface area contributed by atoms with Gasteiger partial charge in [-0.15, -0.1) is 0 Å². The van der Waals surface area contributed by atoms with Crippen LogP contribution in [0.4, 0.5) is 0 Å². The number of para-hydroxylation sites is 2. The van der Waals surface area contributed by atoms with E-state index in [0.717, 1.165) is 26.8 Å². The third-order valence-electron chi connectivity index (χ3n) is 5.68. The molecule has 0 amide bonds. The summed E-state index contributed by atoms with van der Waals surface area (Å²) in [5, 5.41) is 5.34. The number of halogens is 1. The molecule has 0 radical (unpaired) electrons. The third kappa shape index (κ3) is 5.22. The van der Waals surface area contributed by atoms with E-state index in [1.807, 2.05) is 36.4 Å². The van der Waals surface area contributed by atoms with E-state index in [0.29, 0.717) is 16.5 Å². The van der Waals surface area contributed by atoms with E-state index in [-0.39, 0.29) is 25.4 Å². The van der Waals surface area contributed by atoms with Gasteiger partial charge in [0.25, 0.3) is 10.2 Å². The van der Waals surface area contributed by atoms with Crippen LogP contribution in [0.5, 0.6) is 5.75 Å². The Morgan fingerprint density at radius 2 is 1.74 bits per heavy atom. The topological polar surface area (TPSA) is 114 Å². The first-order valence-electron chi connectivity index (χ1n) is 10.7. The molecule has 188 valence electrons. The van der Waals surface area contributed by atoms with Gasteiger partial charge in [0.2, 0.25) is 10.0 Å². The molecule has 13 heteroatoms. The van der Waals surface area contributed by atoms with Crippen molar-refractivity contribution >= 4 is 31.8 Å². The van der Waals surface area contributed by atoms with Crippen molar-refractivity contribution in [1.82, 2.24) is 23.1 Å². The van der Waals surface area contributed by atoms with Crippen molar-refractivity contribution in [2.45, 2.75) is 13.1 Å². The summed E-state index contributed by atoms with van der Waals surface area (Å²) < 4.78 is 61.7. The van der Waals surface area contributed by atoms with Gasteiger partial charge in [0.05, 0.1) is 30.8 Å². The molecule has 0 aliphatic carbocycles. The number of nitrogens with one attached hydrogen (secondary N) is 1. The van der Waals surface area contributed by atoms with Gasteiger partial charge in [-0.05, 0) is 24.3 Å². The quantitative estimate of drug-likeness (QED) is 0.446. The van der Waals surface area contributed by atoms with Crippen LogP contribution in [0.15, 0.2) is 48.5 Å². The highest BCUT2D eigenvalue weighted by Crippen LogP contribution is 2.37. The average Bonchev–Trinajstić information content (AvgIpc) is 3.38. The van der Waals surface area contributed by atoms with Gasteiger partial charge < -0.3 is 4.74 Å². The number of benzene rings is 2. The number of sulfonamides is 1. The maximum Gasteiger partial charge on any atom is 0.278 e. The molecule has 0 fully saturated rings. The van der Waals surface area contributed by atoms with E-state index < -0.39 is 20.2 Å². The van der Waals surface area contributed by atoms with Crippen LogP contribution in [-0.2, 0) is 33.3 Å². The van der Waals surface area contributed by atoms with Crippen molar-refractivity contribution in [2.24, 2.45) is 0 Å². The molecule has 2 aromatic carbocycles. The standard InChI is InChI=1S/C22H26ClN5O5S2/c1-26(2)35(31,32)24-12-13-34(29,30)27-14-18-19(15-27)25-28(20-6-4-5-7-21(20)33-3)22(18)16-8-10-17(23)11-9-16/h4-11,24H,12-15H2,1-3H3. The lowest BCUT2D eigenvalue weighted by atomic mass is 10.1. The van der Waals surface area contributed by atoms with Crippen LogP contribution in [0.3, 0.4) is 0 Å². The summed E-state index contributed by atoms with van der Waals surface area (Å²) in [6, 6.07) is 14.7. The Kier molecular flexibility index (Phi) is 7.23. The van der Waals surface area contributed by atoms with Crippen LogP contribution in [0.2, 0.25) is 5.02 Å². The minimum Gasteiger partial charge on any atom is -0.494 e. The van der Waals surface area contributed by atoms with Crippen molar-refractivity contribution in [1.29, 1.82) is 0 Å². The molecule has 4 rings (SSSR count). The molecule has 1 aromatic heterocycles. The molecule has 10 nitrogen and oxygen atoms in total. The van der Waals surface area contributed by atoms with Crippen molar-refractivity contribution < 1.29 is 21.6 Å². The van der Waals surface area contributed by atoms with Crippen LogP contribution in [0.1, 0.15) is 11.3 Å². The lowest BCUT2D eigenvalue weighted by molar-refractivity contribution is 0.410. The Balaban J connectivity index is 1.67. The number of fused-ring (bicyclic) bond motifs is 1. The zero-order valence-electron chi connectivity index (χ0n) is 19.5. The minimum absolute atomic E-state index is 0.0842. The van der Waals surface area contributed by atoms with E-state index in [2.05, 4.69) is 4.72 Å². The number of ether oxygens (including phenoxy) is 1. The summed E-state index contributed by atoms with van der Waals surface area (Å²) >= 11 is 6.10. The van der Waals surface area contributed by atoms with E-state index in [9.17, 15) is 16.8 Å². The molecule has 1 N–H and O–H groups in total. The number of nitrogens with zero attached hydrogens (tertiary/aromatic N) is 4. The Morgan fingerprint density at radius 1 is 1.06 bits per heavy atom. The van der Waals surface area contributed by atoms with Crippen LogP contribution in [0.25, 0.3) is 16.9 Å². The van der Waals surface area contributed by atoms with Crippen LogP contribution in [-0.4, -0.2) is 68.7 Å². The Bertz CT molecular complexity index is 1440. The van der Waals surface area contributed by atoms with Gasteiger partial charge >= 0.3 is 0 Å². The van der Waals surface area contributed by atoms with Crippen LogP contribution in [0, 0.1) is 0 Å². The molecule has 3 aromatic rings. The molecule has 0 saturated carbocycles. The fourth-order valence-electron chi connectivity index (χ4n) is 3.83. The van der Waals surface area contributed by atoms with Gasteiger partial charge in [-0.2, -0.15) is 22.1 Å². The molecule has 0 atom stereocenters. The number of aromatic nitrogens is 2. The summed E-state index contributed by atoms with van der Waals surface area (Å²) in [5.74, 6) is 0.259. The largest absolute Gasteiger partial charge is 0.494 e. The molecule has 0 spiro atoms. The second-order valence-corrected chi connectivity index (χ2v) is 12.6. The highest BCUT2D eigenvalue weighted by atomic mass is 35.5. The molecule has 1 aliphatic rings. The summed E-state index contributed by atoms with van der Waals surface area (Å²) in [6.45, 7) is -0.0334. The number of hydrogen-bond acceptors (Lipinski definition) is 6. The molecule has 0 unspecified atom stereocenters. The highest BCUT2D eigenvalue weighted by molar-refractivity contribution is 7.89. The number of hydrogen-bond donors (Lipinski definition) is 1. The maximum absolute atomic E-state index is 13.0. The number of methoxy groups -OCH3 is 1. The lowest BCUT2D eigenvalue weighted by Crippen LogP contribution is -2.40. The molecule has 0 saturated heterocycles. The summed E-state index contributed by atoms with van der Waals surface area (Å²) in [5.41, 5.74) is 3.69. The third-order valence-corrected chi connectivity index (χ3v) is 9.22. The maximum atomic E-state index is 13.0. The second-order valence-electron chi connectivity index (χ2n) is 8.13. The Hall–Kier alpha value is -2.48. The molecular weight excluding hydrogens is 514 g/mol. The first-order valence-corrected chi connectivity index (χ1v) is 14.1. The van der Waals surface area contributed by atoms with Gasteiger partial charge in [0.1, 0.15) is 11.4 Å². The van der Waals surface area contributed by atoms with Gasteiger partial charge in [-0.3, -0.25) is 0 Å². The fourth-order valence-corrected chi connectivity index (χ4v) is 5.96. The second kappa shape index (κ2) is 9.88. The lowest BCUT2D eigenvalue weighted by Gasteiger charge is -2.18. The first-order chi connectivity index (χ1) is 16.5. The summed E-state index contributed by atoms with van der Waals surface area (Å²) in [4.78, 5) is 0. The van der Waals surface area contributed by atoms with Gasteiger partial charge in [0, 0.05) is 43.3 Å². The fraction of sp³-hybridized carbons (Fsp3) is 0.318. The van der Waals surface area contributed by atoms with Gasteiger partial charge in [0.15, 0.2) is 0 Å². The van der Waals surface area contributed by atoms with Crippen molar-refractivity contribution in [3.8, 4) is 22.7 Å². The monoisotopic (exact) mass is 539 g/mol. The normalized spacial score (nSPS) is 14.4. The molecule has 35 heavy (non-hydrogen) atoms. The molecule has 2 heterocycles. The highest BCUT2D eigenvalue weighted by Gasteiger charge is 2.35. The Morgan fingerprint density at radius 3 is 2.40 bits per heavy atom. The smallest absolute Gasteiger partial charge is 0.278 e. The van der Waals surface area contributed by atoms with E-state index >= 15 is 0 Å². The van der Waals surface area contributed by atoms with Crippen molar-refractivity contribution in [2.75, 3.05) is 33.5 Å². The van der Waals surface area contributed by atoms with Gasteiger partial charge in [-0.25, -0.2) is 17.8 Å². The molecule has 1 aliphatic heterocycles. The summed E-state index contributed by atoms with van der Waals surface area (Å²) in [7, 11) is -3.14. The first kappa shape index (κ1) is 25.6. The Labute approximate surface area is 210 Å². The van der Waals surface area contributed by atoms with Crippen molar-refractivity contribution in [3.63, 3.8) is 0 Å². The number of rotatable bonds is 9. The van der Waals surface area contributed by atoms with E-state index in [1.165, 1.54) is 18.4 Å². The van der Waals surface area contributed by atoms with E-state index in [4.69, 9.17) is 21.4 Å². The predicted molar refractivity (Wildman–Crippen MR) is 134 cm³/mol. The molecular formula is C22H26ClN5O5S2. The van der Waals surface area contributed by atoms with Gasteiger partial charge in [-0.1, -0.05) is 35.9 Å². The average molecular weight is 540 g/mol.